The Hall–Kier alpha value is -2.11. The Bertz CT molecular complexity index is 719. The molecule has 0 aliphatic carbocycles. The van der Waals surface area contributed by atoms with Gasteiger partial charge >= 0.3 is 147 Å². The Kier molecular flexibility index (Phi) is 10.6. The van der Waals surface area contributed by atoms with Gasteiger partial charge in [-0.25, -0.2) is 0 Å². The first-order chi connectivity index (χ1) is 13.2. The summed E-state index contributed by atoms with van der Waals surface area (Å²) >= 11 is -2.20. The van der Waals surface area contributed by atoms with Crippen molar-refractivity contribution >= 4 is 60.8 Å². The molecule has 0 bridgehead atoms. The first-order valence-electron chi connectivity index (χ1n) is 7.88. The summed E-state index contributed by atoms with van der Waals surface area (Å²) in [4.78, 5) is 45.9. The van der Waals surface area contributed by atoms with E-state index in [-0.39, 0.29) is 28.1 Å². The SMILES string of the molecule is NCC(=O)NCC(=O)NC(CSCC(=O)Nc1ccccc1[As](O)O)C(=O)O. The molecule has 0 saturated carbocycles. The Morgan fingerprint density at radius 2 is 1.79 bits per heavy atom. The van der Waals surface area contributed by atoms with Crippen molar-refractivity contribution in [3.63, 3.8) is 0 Å². The van der Waals surface area contributed by atoms with Gasteiger partial charge in [0, 0.05) is 0 Å². The van der Waals surface area contributed by atoms with Gasteiger partial charge in [-0.05, 0) is 0 Å². The monoisotopic (exact) mass is 476 g/mol. The number of hydrogen-bond donors (Lipinski definition) is 7. The molecule has 1 atom stereocenters. The van der Waals surface area contributed by atoms with Crippen LogP contribution in [0.5, 0.6) is 0 Å². The third-order valence-electron chi connectivity index (χ3n) is 3.18. The molecule has 8 N–H and O–H groups in total. The number of carboxylic acid groups (broad SMARTS) is 1. The van der Waals surface area contributed by atoms with Gasteiger partial charge in [0.15, 0.2) is 0 Å². The predicted molar refractivity (Wildman–Crippen MR) is 104 cm³/mol. The predicted octanol–water partition coefficient (Wildman–Crippen LogP) is -3.32. The van der Waals surface area contributed by atoms with E-state index in [1.54, 1.807) is 12.1 Å². The standard InChI is InChI=1S/C15H21AsN4O7S/c17-5-12(21)18-6-13(22)20-11(15(24)25)7-28-8-14(23)19-10-4-2-1-3-9(10)16(26)27/h1-4,11,26-27H,5-8,17H2,(H,18,21)(H,19,23)(H,20,22)(H,24,25). The Morgan fingerprint density at radius 3 is 2.39 bits per heavy atom. The van der Waals surface area contributed by atoms with Crippen LogP contribution in [0.25, 0.3) is 0 Å². The number of carbonyl (C=O) groups is 4. The van der Waals surface area contributed by atoms with Crippen LogP contribution in [-0.2, 0) is 19.2 Å². The first kappa shape index (κ1) is 23.9. The number of rotatable bonds is 11. The van der Waals surface area contributed by atoms with Crippen molar-refractivity contribution in [3.05, 3.63) is 24.3 Å². The third-order valence-corrected chi connectivity index (χ3v) is 5.93. The van der Waals surface area contributed by atoms with Gasteiger partial charge in [0.25, 0.3) is 0 Å². The van der Waals surface area contributed by atoms with E-state index in [2.05, 4.69) is 16.0 Å². The molecule has 13 heteroatoms. The summed E-state index contributed by atoms with van der Waals surface area (Å²) in [6, 6.07) is 5.03. The van der Waals surface area contributed by atoms with Crippen LogP contribution < -0.4 is 26.0 Å². The summed E-state index contributed by atoms with van der Waals surface area (Å²) in [5.41, 5.74) is 5.37. The maximum atomic E-state index is 12.0. The summed E-state index contributed by atoms with van der Waals surface area (Å²) in [5.74, 6) is -3.19. The summed E-state index contributed by atoms with van der Waals surface area (Å²) in [5, 5.41) is 16.1. The molecule has 1 aromatic rings. The van der Waals surface area contributed by atoms with Gasteiger partial charge in [-0.15, -0.1) is 0 Å². The number of amides is 3. The van der Waals surface area contributed by atoms with E-state index in [0.717, 1.165) is 11.8 Å². The molecule has 3 amide bonds. The van der Waals surface area contributed by atoms with Crippen molar-refractivity contribution in [3.8, 4) is 0 Å². The number of benzene rings is 1. The summed E-state index contributed by atoms with van der Waals surface area (Å²) in [6.07, 6.45) is 0. The molecule has 0 aliphatic rings. The maximum absolute atomic E-state index is 12.0. The van der Waals surface area contributed by atoms with Gasteiger partial charge in [-0.2, -0.15) is 0 Å². The van der Waals surface area contributed by atoms with E-state index in [4.69, 9.17) is 10.8 Å². The second-order valence-electron chi connectivity index (χ2n) is 5.31. The van der Waals surface area contributed by atoms with E-state index in [1.807, 2.05) is 0 Å². The zero-order chi connectivity index (χ0) is 21.1. The molecule has 28 heavy (non-hydrogen) atoms. The number of thioether (sulfide) groups is 1. The van der Waals surface area contributed by atoms with Gasteiger partial charge in [-0.3, -0.25) is 4.79 Å². The van der Waals surface area contributed by atoms with Gasteiger partial charge in [0.05, 0.1) is 6.54 Å². The first-order valence-corrected chi connectivity index (χ1v) is 11.6. The summed E-state index contributed by atoms with van der Waals surface area (Å²) < 4.78 is 19.1. The molecule has 0 radical (unpaired) electrons. The Balaban J connectivity index is 2.48. The number of aliphatic carboxylic acids is 1. The zero-order valence-electron chi connectivity index (χ0n) is 14.6. The molecule has 0 aliphatic heterocycles. The average molecular weight is 476 g/mol. The van der Waals surface area contributed by atoms with E-state index in [0.29, 0.717) is 0 Å². The topological polar surface area (TPSA) is 191 Å². The van der Waals surface area contributed by atoms with Crippen LogP contribution in [0.15, 0.2) is 24.3 Å². The van der Waals surface area contributed by atoms with Crippen molar-refractivity contribution in [1.82, 2.24) is 10.6 Å². The molecule has 1 aromatic carbocycles. The van der Waals surface area contributed by atoms with Crippen LogP contribution in [0.2, 0.25) is 0 Å². The minimum absolute atomic E-state index is 0.0845. The quantitative estimate of drug-likeness (QED) is 0.160. The fourth-order valence-electron chi connectivity index (χ4n) is 1.88. The number of anilines is 1. The van der Waals surface area contributed by atoms with Crippen LogP contribution in [0, 0.1) is 0 Å². The molecule has 11 nitrogen and oxygen atoms in total. The molecule has 1 unspecified atom stereocenters. The van der Waals surface area contributed by atoms with Crippen molar-refractivity contribution in [1.29, 1.82) is 0 Å². The van der Waals surface area contributed by atoms with E-state index < -0.39 is 51.6 Å². The van der Waals surface area contributed by atoms with Crippen molar-refractivity contribution in [2.45, 2.75) is 6.04 Å². The minimum atomic E-state index is -3.17. The molecule has 0 aromatic heterocycles. The van der Waals surface area contributed by atoms with E-state index in [1.165, 1.54) is 12.1 Å². The fourth-order valence-corrected chi connectivity index (χ4v) is 3.90. The van der Waals surface area contributed by atoms with Gasteiger partial charge in [-0.1, -0.05) is 0 Å². The number of hydrogen-bond acceptors (Lipinski definition) is 8. The zero-order valence-corrected chi connectivity index (χ0v) is 17.3. The average Bonchev–Trinajstić information content (AvgIpc) is 2.65. The van der Waals surface area contributed by atoms with E-state index in [9.17, 15) is 27.4 Å². The Labute approximate surface area is 170 Å². The second-order valence-corrected chi connectivity index (χ2v) is 8.56. The molecule has 0 heterocycles. The number of nitrogens with two attached hydrogens (primary N) is 1. The molecular weight excluding hydrogens is 455 g/mol. The van der Waals surface area contributed by atoms with Crippen molar-refractivity contribution < 1.29 is 32.5 Å². The van der Waals surface area contributed by atoms with Crippen molar-refractivity contribution in [2.24, 2.45) is 5.73 Å². The van der Waals surface area contributed by atoms with Crippen LogP contribution in [0.1, 0.15) is 0 Å². The molecule has 0 fully saturated rings. The third kappa shape index (κ3) is 8.72. The Morgan fingerprint density at radius 1 is 1.11 bits per heavy atom. The molecule has 1 rings (SSSR count). The number of carboxylic acids is 1. The molecular formula is C15H21AsN4O7S. The number of para-hydroxylation sites is 1. The van der Waals surface area contributed by atoms with Crippen LogP contribution >= 0.6 is 11.8 Å². The summed E-state index contributed by atoms with van der Waals surface area (Å²) in [7, 11) is 0. The molecule has 154 valence electrons. The van der Waals surface area contributed by atoms with Crippen molar-refractivity contribution in [2.75, 3.05) is 29.9 Å². The van der Waals surface area contributed by atoms with Gasteiger partial charge in [0.1, 0.15) is 0 Å². The molecule has 0 saturated heterocycles. The normalized spacial score (nSPS) is 11.6. The second kappa shape index (κ2) is 12.4. The van der Waals surface area contributed by atoms with Crippen LogP contribution in [-0.4, -0.2) is 83.0 Å². The van der Waals surface area contributed by atoms with Gasteiger partial charge in [0.2, 0.25) is 5.91 Å². The number of carbonyl (C=O) groups excluding carboxylic acids is 3. The van der Waals surface area contributed by atoms with Crippen LogP contribution in [0.3, 0.4) is 0 Å². The van der Waals surface area contributed by atoms with Gasteiger partial charge < -0.3 is 5.73 Å². The van der Waals surface area contributed by atoms with Crippen LogP contribution in [0.4, 0.5) is 5.69 Å². The fraction of sp³-hybridized carbons (Fsp3) is 0.333. The summed E-state index contributed by atoms with van der Waals surface area (Å²) in [6.45, 7) is -0.699. The number of nitrogens with one attached hydrogen (secondary N) is 3. The van der Waals surface area contributed by atoms with E-state index >= 15 is 0 Å². The molecule has 0 spiro atoms.